The topological polar surface area (TPSA) is 88.6 Å². The summed E-state index contributed by atoms with van der Waals surface area (Å²) in [6.07, 6.45) is 0. The number of fused-ring (bicyclic) bond motifs is 3. The van der Waals surface area contributed by atoms with E-state index in [2.05, 4.69) is 10.3 Å². The minimum Gasteiger partial charge on any atom is -0.487 e. The average Bonchev–Trinajstić information content (AvgIpc) is 3.28. The van der Waals surface area contributed by atoms with Crippen LogP contribution in [0.3, 0.4) is 0 Å². The molecule has 0 spiro atoms. The number of thiazole rings is 1. The van der Waals surface area contributed by atoms with Crippen molar-refractivity contribution in [2.24, 2.45) is 0 Å². The van der Waals surface area contributed by atoms with Crippen LogP contribution < -0.4 is 14.4 Å². The van der Waals surface area contributed by atoms with E-state index >= 15 is 0 Å². The fraction of sp³-hybridized carbons (Fsp3) is 0.120. The van der Waals surface area contributed by atoms with Crippen molar-refractivity contribution in [1.29, 1.82) is 0 Å². The van der Waals surface area contributed by atoms with Gasteiger partial charge in [0.2, 0.25) is 0 Å². The molecule has 1 aliphatic rings. The van der Waals surface area contributed by atoms with E-state index in [4.69, 9.17) is 4.74 Å². The number of hydrogen-bond acceptors (Lipinski definition) is 6. The molecule has 0 fully saturated rings. The minimum atomic E-state index is -3.76. The van der Waals surface area contributed by atoms with Crippen LogP contribution in [0.2, 0.25) is 0 Å². The molecule has 0 aliphatic carbocycles. The van der Waals surface area contributed by atoms with Crippen molar-refractivity contribution in [3.05, 3.63) is 89.3 Å². The van der Waals surface area contributed by atoms with E-state index in [9.17, 15) is 13.2 Å². The Morgan fingerprint density at radius 3 is 2.47 bits per heavy atom. The van der Waals surface area contributed by atoms with Crippen molar-refractivity contribution in [3.8, 4) is 17.0 Å². The highest BCUT2D eigenvalue weighted by molar-refractivity contribution is 7.92. The summed E-state index contributed by atoms with van der Waals surface area (Å²) in [5.74, 6) is 0.409. The molecule has 3 aromatic carbocycles. The largest absolute Gasteiger partial charge is 0.487 e. The van der Waals surface area contributed by atoms with Crippen molar-refractivity contribution in [1.82, 2.24) is 4.98 Å². The second kappa shape index (κ2) is 8.92. The highest BCUT2D eigenvalue weighted by Crippen LogP contribution is 2.40. The van der Waals surface area contributed by atoms with Crippen molar-refractivity contribution in [2.75, 3.05) is 16.2 Å². The number of para-hydroxylation sites is 2. The van der Waals surface area contributed by atoms with Gasteiger partial charge in [-0.15, -0.1) is 0 Å². The van der Waals surface area contributed by atoms with Gasteiger partial charge < -0.3 is 4.74 Å². The number of anilines is 2. The number of hydrogen-bond donors (Lipinski definition) is 1. The Morgan fingerprint density at radius 2 is 1.74 bits per heavy atom. The molecule has 2 heterocycles. The molecule has 5 rings (SSSR count). The zero-order chi connectivity index (χ0) is 23.7. The van der Waals surface area contributed by atoms with E-state index < -0.39 is 10.0 Å². The van der Waals surface area contributed by atoms with Crippen LogP contribution >= 0.6 is 11.3 Å². The maximum Gasteiger partial charge on any atom is 0.264 e. The summed E-state index contributed by atoms with van der Waals surface area (Å²) in [5.41, 5.74) is 2.63. The van der Waals surface area contributed by atoms with Crippen LogP contribution in [0.1, 0.15) is 22.2 Å². The third-order valence-electron chi connectivity index (χ3n) is 5.45. The van der Waals surface area contributed by atoms with Gasteiger partial charge in [-0.25, -0.2) is 13.4 Å². The number of amides is 1. The molecule has 9 heteroatoms. The molecule has 0 unspecified atom stereocenters. The maximum absolute atomic E-state index is 13.2. The van der Waals surface area contributed by atoms with Crippen LogP contribution in [-0.2, 0) is 16.6 Å². The molecule has 1 aromatic heterocycles. The molecule has 34 heavy (non-hydrogen) atoms. The second-order valence-corrected chi connectivity index (χ2v) is 10.5. The molecule has 0 atom stereocenters. The molecule has 4 aromatic rings. The van der Waals surface area contributed by atoms with E-state index in [-0.39, 0.29) is 17.3 Å². The number of carbonyl (C=O) groups is 1. The standard InChI is InChI=1S/C25H21N3O4S2/c1-2-28(18-8-4-3-5-9-18)34(30,31)19-14-12-17(13-15-19)24(29)27-25-26-23-20-10-6-7-11-21(20)32-16-22(23)33-25/h3-15H,2,16H2,1H3,(H,26,27,29). The first-order valence-corrected chi connectivity index (χ1v) is 12.9. The Hall–Kier alpha value is -3.69. The summed E-state index contributed by atoms with van der Waals surface area (Å²) in [6.45, 7) is 2.47. The van der Waals surface area contributed by atoms with E-state index in [0.717, 1.165) is 21.9 Å². The molecule has 1 N–H and O–H groups in total. The second-order valence-electron chi connectivity index (χ2n) is 7.56. The van der Waals surface area contributed by atoms with Crippen molar-refractivity contribution in [3.63, 3.8) is 0 Å². The van der Waals surface area contributed by atoms with Gasteiger partial charge in [-0.2, -0.15) is 0 Å². The van der Waals surface area contributed by atoms with E-state index in [1.807, 2.05) is 30.3 Å². The zero-order valence-corrected chi connectivity index (χ0v) is 19.9. The lowest BCUT2D eigenvalue weighted by atomic mass is 10.1. The lowest BCUT2D eigenvalue weighted by molar-refractivity contribution is 0.102. The van der Waals surface area contributed by atoms with Gasteiger partial charge >= 0.3 is 0 Å². The number of rotatable bonds is 6. The summed E-state index contributed by atoms with van der Waals surface area (Å²) in [6, 6.07) is 22.5. The normalized spacial score (nSPS) is 12.3. The fourth-order valence-electron chi connectivity index (χ4n) is 3.81. The molecule has 0 radical (unpaired) electrons. The molecule has 0 saturated heterocycles. The van der Waals surface area contributed by atoms with Gasteiger partial charge in [-0.3, -0.25) is 14.4 Å². The lowest BCUT2D eigenvalue weighted by Crippen LogP contribution is -2.30. The smallest absolute Gasteiger partial charge is 0.264 e. The molecule has 1 amide bonds. The summed E-state index contributed by atoms with van der Waals surface area (Å²) in [7, 11) is -3.76. The first-order chi connectivity index (χ1) is 16.5. The van der Waals surface area contributed by atoms with Gasteiger partial charge in [0.15, 0.2) is 5.13 Å². The molecule has 0 bridgehead atoms. The third kappa shape index (κ3) is 4.04. The zero-order valence-electron chi connectivity index (χ0n) is 18.3. The summed E-state index contributed by atoms with van der Waals surface area (Å²) >= 11 is 1.36. The predicted molar refractivity (Wildman–Crippen MR) is 133 cm³/mol. The SMILES string of the molecule is CCN(c1ccccc1)S(=O)(=O)c1ccc(C(=O)Nc2nc3c(s2)COc2ccccc2-3)cc1. The number of nitrogens with zero attached hydrogens (tertiary/aromatic N) is 2. The van der Waals surface area contributed by atoms with Crippen LogP contribution in [0.4, 0.5) is 10.8 Å². The first kappa shape index (κ1) is 22.1. The van der Waals surface area contributed by atoms with Crippen LogP contribution in [0.25, 0.3) is 11.3 Å². The molecule has 0 saturated carbocycles. The van der Waals surface area contributed by atoms with Crippen LogP contribution in [0, 0.1) is 0 Å². The van der Waals surface area contributed by atoms with Gasteiger partial charge in [0.05, 0.1) is 21.2 Å². The van der Waals surface area contributed by atoms with Gasteiger partial charge in [0, 0.05) is 17.7 Å². The number of aromatic nitrogens is 1. The number of nitrogens with one attached hydrogen (secondary N) is 1. The predicted octanol–water partition coefficient (Wildman–Crippen LogP) is 5.17. The van der Waals surface area contributed by atoms with E-state index in [1.54, 1.807) is 31.2 Å². The van der Waals surface area contributed by atoms with Crippen molar-refractivity contribution in [2.45, 2.75) is 18.4 Å². The third-order valence-corrected chi connectivity index (χ3v) is 8.32. The number of benzene rings is 3. The lowest BCUT2D eigenvalue weighted by Gasteiger charge is -2.22. The summed E-state index contributed by atoms with van der Waals surface area (Å²) < 4.78 is 33.4. The Morgan fingerprint density at radius 1 is 1.03 bits per heavy atom. The molecule has 1 aliphatic heterocycles. The van der Waals surface area contributed by atoms with Gasteiger partial charge in [0.25, 0.3) is 15.9 Å². The average molecular weight is 492 g/mol. The Balaban J connectivity index is 1.35. The molecule has 7 nitrogen and oxygen atoms in total. The maximum atomic E-state index is 13.2. The van der Waals surface area contributed by atoms with Crippen LogP contribution in [0.5, 0.6) is 5.75 Å². The Labute approximate surface area is 201 Å². The number of carbonyl (C=O) groups excluding carboxylic acids is 1. The van der Waals surface area contributed by atoms with E-state index in [0.29, 0.717) is 23.0 Å². The summed E-state index contributed by atoms with van der Waals surface area (Å²) in [4.78, 5) is 18.5. The number of ether oxygens (including phenoxy) is 1. The first-order valence-electron chi connectivity index (χ1n) is 10.7. The quantitative estimate of drug-likeness (QED) is 0.402. The highest BCUT2D eigenvalue weighted by atomic mass is 32.2. The molecular formula is C25H21N3O4S2. The van der Waals surface area contributed by atoms with Crippen molar-refractivity contribution < 1.29 is 17.9 Å². The van der Waals surface area contributed by atoms with Crippen molar-refractivity contribution >= 4 is 38.1 Å². The monoisotopic (exact) mass is 491 g/mol. The Bertz CT molecular complexity index is 1450. The van der Waals surface area contributed by atoms with Crippen LogP contribution in [-0.4, -0.2) is 25.9 Å². The van der Waals surface area contributed by atoms with E-state index in [1.165, 1.54) is 39.9 Å². The Kier molecular flexibility index (Phi) is 5.80. The summed E-state index contributed by atoms with van der Waals surface area (Å²) in [5, 5.41) is 3.28. The van der Waals surface area contributed by atoms with Gasteiger partial charge in [-0.1, -0.05) is 41.7 Å². The van der Waals surface area contributed by atoms with Gasteiger partial charge in [-0.05, 0) is 55.5 Å². The minimum absolute atomic E-state index is 0.119. The molecular weight excluding hydrogens is 470 g/mol. The highest BCUT2D eigenvalue weighted by Gasteiger charge is 2.25. The molecule has 172 valence electrons. The number of sulfonamides is 1. The fourth-order valence-corrected chi connectivity index (χ4v) is 6.16. The van der Waals surface area contributed by atoms with Gasteiger partial charge in [0.1, 0.15) is 12.4 Å². The van der Waals surface area contributed by atoms with Crippen LogP contribution in [0.15, 0.2) is 83.8 Å².